The SMILES string of the molecule is FC(F)(F)S[Se]c1ccccc1. The molecule has 0 aliphatic rings. The van der Waals surface area contributed by atoms with Crippen LogP contribution in [0.1, 0.15) is 0 Å². The Bertz CT molecular complexity index is 234. The van der Waals surface area contributed by atoms with Crippen LogP contribution in [0.15, 0.2) is 30.3 Å². The molecule has 66 valence electrons. The Kier molecular flexibility index (Phi) is 3.50. The van der Waals surface area contributed by atoms with Crippen molar-refractivity contribution in [2.75, 3.05) is 0 Å². The number of rotatable bonds is 2. The molecule has 5 heteroatoms. The summed E-state index contributed by atoms with van der Waals surface area (Å²) < 4.78 is 35.9. The quantitative estimate of drug-likeness (QED) is 0.732. The van der Waals surface area contributed by atoms with E-state index in [9.17, 15) is 13.2 Å². The first kappa shape index (κ1) is 9.96. The molecule has 1 aromatic carbocycles. The van der Waals surface area contributed by atoms with Gasteiger partial charge in [0.15, 0.2) is 0 Å². The van der Waals surface area contributed by atoms with Gasteiger partial charge in [0.2, 0.25) is 0 Å². The molecule has 0 aliphatic carbocycles. The maximum atomic E-state index is 11.7. The minimum atomic E-state index is -4.10. The molecule has 0 saturated carbocycles. The first-order valence-corrected chi connectivity index (χ1v) is 6.75. The summed E-state index contributed by atoms with van der Waals surface area (Å²) in [6.45, 7) is 0. The third-order valence-electron chi connectivity index (χ3n) is 0.976. The van der Waals surface area contributed by atoms with Crippen LogP contribution in [-0.4, -0.2) is 19.3 Å². The second kappa shape index (κ2) is 4.21. The predicted molar refractivity (Wildman–Crippen MR) is 45.5 cm³/mol. The molecule has 0 spiro atoms. The van der Waals surface area contributed by atoms with E-state index in [1.54, 1.807) is 30.3 Å². The van der Waals surface area contributed by atoms with E-state index in [2.05, 4.69) is 0 Å². The van der Waals surface area contributed by atoms with E-state index in [0.29, 0.717) is 0 Å². The monoisotopic (exact) mass is 258 g/mol. The molecule has 0 atom stereocenters. The zero-order chi connectivity index (χ0) is 9.03. The van der Waals surface area contributed by atoms with Crippen molar-refractivity contribution < 1.29 is 13.2 Å². The molecule has 0 bridgehead atoms. The average molecular weight is 257 g/mol. The molecule has 1 rings (SSSR count). The van der Waals surface area contributed by atoms with Crippen LogP contribution in [0.2, 0.25) is 0 Å². The molecule has 0 N–H and O–H groups in total. The Morgan fingerprint density at radius 2 is 1.67 bits per heavy atom. The van der Waals surface area contributed by atoms with Crippen LogP contribution in [0.25, 0.3) is 0 Å². The Balaban J connectivity index is 2.44. The van der Waals surface area contributed by atoms with Crippen molar-refractivity contribution in [3.05, 3.63) is 30.3 Å². The summed E-state index contributed by atoms with van der Waals surface area (Å²) in [4.78, 5) is 0. The Hall–Kier alpha value is -0.121. The maximum absolute atomic E-state index is 11.7. The molecular weight excluding hydrogens is 252 g/mol. The second-order valence-electron chi connectivity index (χ2n) is 1.93. The van der Waals surface area contributed by atoms with Crippen molar-refractivity contribution in [2.45, 2.75) is 5.51 Å². The molecule has 0 nitrogen and oxygen atoms in total. The molecule has 0 aliphatic heterocycles. The van der Waals surface area contributed by atoms with Gasteiger partial charge in [-0.25, -0.2) is 0 Å². The topological polar surface area (TPSA) is 0 Å². The minimum absolute atomic E-state index is 0.0492. The van der Waals surface area contributed by atoms with Gasteiger partial charge in [0.05, 0.1) is 0 Å². The average Bonchev–Trinajstić information content (AvgIpc) is 2.02. The number of alkyl halides is 3. The van der Waals surface area contributed by atoms with Crippen LogP contribution >= 0.6 is 10.2 Å². The van der Waals surface area contributed by atoms with Gasteiger partial charge in [0.25, 0.3) is 0 Å². The van der Waals surface area contributed by atoms with Crippen molar-refractivity contribution >= 4 is 28.5 Å². The van der Waals surface area contributed by atoms with E-state index < -0.39 is 19.3 Å². The summed E-state index contributed by atoms with van der Waals surface area (Å²) in [6, 6.07) is 8.69. The van der Waals surface area contributed by atoms with Gasteiger partial charge < -0.3 is 0 Å². The van der Waals surface area contributed by atoms with E-state index in [-0.39, 0.29) is 10.2 Å². The Morgan fingerprint density at radius 3 is 2.17 bits per heavy atom. The summed E-state index contributed by atoms with van der Waals surface area (Å²) in [5.74, 6) is 0. The predicted octanol–water partition coefficient (Wildman–Crippen LogP) is 2.18. The van der Waals surface area contributed by atoms with Gasteiger partial charge in [-0.05, 0) is 0 Å². The van der Waals surface area contributed by atoms with Gasteiger partial charge in [-0.2, -0.15) is 0 Å². The summed E-state index contributed by atoms with van der Waals surface area (Å²) in [5.41, 5.74) is -4.10. The molecule has 0 unspecified atom stereocenters. The molecule has 0 aromatic heterocycles. The molecule has 0 saturated heterocycles. The fourth-order valence-electron chi connectivity index (χ4n) is 0.571. The molecule has 0 heterocycles. The van der Waals surface area contributed by atoms with Gasteiger partial charge in [-0.3, -0.25) is 0 Å². The summed E-state index contributed by atoms with van der Waals surface area (Å²) in [6.07, 6.45) is 0. The fourth-order valence-corrected chi connectivity index (χ4v) is 3.10. The normalized spacial score (nSPS) is 11.6. The third kappa shape index (κ3) is 4.04. The standard InChI is InChI=1S/C7H5F3SSe/c8-7(9,10)11-12-6-4-2-1-3-5-6/h1-5H. The number of hydrogen-bond acceptors (Lipinski definition) is 1. The summed E-state index contributed by atoms with van der Waals surface area (Å²) >= 11 is -0.556. The van der Waals surface area contributed by atoms with Crippen LogP contribution in [0, 0.1) is 0 Å². The van der Waals surface area contributed by atoms with Gasteiger partial charge in [0, 0.05) is 0 Å². The number of halogens is 3. The molecular formula is C7H5F3SSe. The van der Waals surface area contributed by atoms with Crippen molar-refractivity contribution in [2.24, 2.45) is 0 Å². The van der Waals surface area contributed by atoms with Gasteiger partial charge in [-0.15, -0.1) is 0 Å². The van der Waals surface area contributed by atoms with E-state index in [1.165, 1.54) is 0 Å². The third-order valence-corrected chi connectivity index (χ3v) is 4.94. The zero-order valence-electron chi connectivity index (χ0n) is 5.84. The molecule has 12 heavy (non-hydrogen) atoms. The van der Waals surface area contributed by atoms with Crippen LogP contribution in [0.4, 0.5) is 13.2 Å². The molecule has 0 fully saturated rings. The summed E-state index contributed by atoms with van der Waals surface area (Å²) in [5, 5.41) is 0. The Labute approximate surface area is 77.8 Å². The van der Waals surface area contributed by atoms with Gasteiger partial charge >= 0.3 is 77.5 Å². The number of hydrogen-bond donors (Lipinski definition) is 0. The van der Waals surface area contributed by atoms with Crippen molar-refractivity contribution in [3.8, 4) is 0 Å². The van der Waals surface area contributed by atoms with Crippen LogP contribution in [-0.2, 0) is 0 Å². The van der Waals surface area contributed by atoms with Crippen molar-refractivity contribution in [3.63, 3.8) is 0 Å². The van der Waals surface area contributed by atoms with Crippen LogP contribution in [0.5, 0.6) is 0 Å². The van der Waals surface area contributed by atoms with Crippen molar-refractivity contribution in [1.82, 2.24) is 0 Å². The van der Waals surface area contributed by atoms with E-state index in [4.69, 9.17) is 0 Å². The fraction of sp³-hybridized carbons (Fsp3) is 0.143. The molecule has 0 amide bonds. The van der Waals surface area contributed by atoms with E-state index in [1.807, 2.05) is 0 Å². The first-order chi connectivity index (χ1) is 5.58. The summed E-state index contributed by atoms with van der Waals surface area (Å²) in [7, 11) is 0.0492. The Morgan fingerprint density at radius 1 is 1.08 bits per heavy atom. The second-order valence-corrected chi connectivity index (χ2v) is 5.81. The van der Waals surface area contributed by atoms with E-state index >= 15 is 0 Å². The van der Waals surface area contributed by atoms with Crippen LogP contribution in [0.3, 0.4) is 0 Å². The van der Waals surface area contributed by atoms with Crippen LogP contribution < -0.4 is 4.46 Å². The van der Waals surface area contributed by atoms with E-state index in [0.717, 1.165) is 4.46 Å². The zero-order valence-corrected chi connectivity index (χ0v) is 8.37. The van der Waals surface area contributed by atoms with Gasteiger partial charge in [0.1, 0.15) is 0 Å². The number of benzene rings is 1. The van der Waals surface area contributed by atoms with Gasteiger partial charge in [-0.1, -0.05) is 0 Å². The first-order valence-electron chi connectivity index (χ1n) is 3.05. The van der Waals surface area contributed by atoms with Crippen molar-refractivity contribution in [1.29, 1.82) is 0 Å². The molecule has 0 radical (unpaired) electrons. The molecule has 1 aromatic rings.